The summed E-state index contributed by atoms with van der Waals surface area (Å²) >= 11 is 5.46. The zero-order chi connectivity index (χ0) is 17.1. The standard InChI is InChI=1S/C17H14ClFN2O3/c18-8-16(22)20-12-5-6-14-15(7-12)24-10-17(23)21(14)9-11-3-1-2-4-13(11)19/h1-7H,8-10H2,(H,20,22). The predicted molar refractivity (Wildman–Crippen MR) is 88.9 cm³/mol. The van der Waals surface area contributed by atoms with Crippen molar-refractivity contribution in [2.45, 2.75) is 6.54 Å². The van der Waals surface area contributed by atoms with E-state index in [2.05, 4.69) is 5.32 Å². The molecule has 0 atom stereocenters. The van der Waals surface area contributed by atoms with E-state index in [1.165, 1.54) is 11.0 Å². The molecule has 0 aliphatic carbocycles. The predicted octanol–water partition coefficient (Wildman–Crippen LogP) is 2.93. The zero-order valence-corrected chi connectivity index (χ0v) is 13.3. The van der Waals surface area contributed by atoms with Crippen LogP contribution in [0, 0.1) is 5.82 Å². The fourth-order valence-corrected chi connectivity index (χ4v) is 2.51. The Kier molecular flexibility index (Phi) is 4.66. The quantitative estimate of drug-likeness (QED) is 0.864. The maximum atomic E-state index is 13.9. The smallest absolute Gasteiger partial charge is 0.265 e. The minimum absolute atomic E-state index is 0.106. The highest BCUT2D eigenvalue weighted by Gasteiger charge is 2.26. The van der Waals surface area contributed by atoms with Crippen molar-refractivity contribution in [2.75, 3.05) is 22.7 Å². The molecule has 2 aromatic carbocycles. The van der Waals surface area contributed by atoms with Gasteiger partial charge in [-0.15, -0.1) is 11.6 Å². The molecule has 0 saturated heterocycles. The van der Waals surface area contributed by atoms with Gasteiger partial charge in [0.2, 0.25) is 5.91 Å². The van der Waals surface area contributed by atoms with E-state index in [4.69, 9.17) is 16.3 Å². The number of halogens is 2. The number of ether oxygens (including phenoxy) is 1. The van der Waals surface area contributed by atoms with Gasteiger partial charge < -0.3 is 15.0 Å². The molecule has 1 N–H and O–H groups in total. The molecule has 5 nitrogen and oxygen atoms in total. The van der Waals surface area contributed by atoms with Gasteiger partial charge in [-0.05, 0) is 18.2 Å². The van der Waals surface area contributed by atoms with E-state index in [0.717, 1.165) is 0 Å². The average molecular weight is 349 g/mol. The van der Waals surface area contributed by atoms with E-state index >= 15 is 0 Å². The van der Waals surface area contributed by atoms with Crippen LogP contribution in [0.5, 0.6) is 5.75 Å². The summed E-state index contributed by atoms with van der Waals surface area (Å²) in [6.07, 6.45) is 0. The van der Waals surface area contributed by atoms with Crippen LogP contribution in [0.1, 0.15) is 5.56 Å². The summed E-state index contributed by atoms with van der Waals surface area (Å²) in [5.74, 6) is -0.687. The van der Waals surface area contributed by atoms with Gasteiger partial charge in [-0.3, -0.25) is 9.59 Å². The van der Waals surface area contributed by atoms with Crippen LogP contribution in [0.4, 0.5) is 15.8 Å². The summed E-state index contributed by atoms with van der Waals surface area (Å²) in [6, 6.07) is 11.2. The minimum atomic E-state index is -0.371. The van der Waals surface area contributed by atoms with Crippen LogP contribution in [-0.4, -0.2) is 24.3 Å². The molecule has 2 aromatic rings. The Balaban J connectivity index is 1.89. The summed E-state index contributed by atoms with van der Waals surface area (Å²) in [7, 11) is 0. The lowest BCUT2D eigenvalue weighted by molar-refractivity contribution is -0.121. The second-order valence-electron chi connectivity index (χ2n) is 5.22. The lowest BCUT2D eigenvalue weighted by Gasteiger charge is -2.30. The molecule has 24 heavy (non-hydrogen) atoms. The van der Waals surface area contributed by atoms with Gasteiger partial charge >= 0.3 is 0 Å². The normalized spacial score (nSPS) is 13.2. The highest BCUT2D eigenvalue weighted by atomic mass is 35.5. The molecular weight excluding hydrogens is 335 g/mol. The second kappa shape index (κ2) is 6.88. The van der Waals surface area contributed by atoms with Crippen molar-refractivity contribution in [1.82, 2.24) is 0 Å². The van der Waals surface area contributed by atoms with E-state index in [0.29, 0.717) is 22.7 Å². The molecule has 0 radical (unpaired) electrons. The number of nitrogens with zero attached hydrogens (tertiary/aromatic N) is 1. The van der Waals surface area contributed by atoms with Gasteiger partial charge in [0.25, 0.3) is 5.91 Å². The Labute approximate surface area is 143 Å². The molecule has 3 rings (SSSR count). The Morgan fingerprint density at radius 1 is 1.29 bits per heavy atom. The van der Waals surface area contributed by atoms with Crippen LogP contribution >= 0.6 is 11.6 Å². The Morgan fingerprint density at radius 2 is 2.08 bits per heavy atom. The number of benzene rings is 2. The lowest BCUT2D eigenvalue weighted by atomic mass is 10.1. The number of fused-ring (bicyclic) bond motifs is 1. The Morgan fingerprint density at radius 3 is 2.83 bits per heavy atom. The maximum absolute atomic E-state index is 13.9. The number of rotatable bonds is 4. The van der Waals surface area contributed by atoms with Crippen LogP contribution in [0.15, 0.2) is 42.5 Å². The van der Waals surface area contributed by atoms with Crippen molar-refractivity contribution in [3.63, 3.8) is 0 Å². The van der Waals surface area contributed by atoms with Crippen molar-refractivity contribution in [3.8, 4) is 5.75 Å². The zero-order valence-electron chi connectivity index (χ0n) is 12.6. The first-order valence-electron chi connectivity index (χ1n) is 7.25. The largest absolute Gasteiger partial charge is 0.481 e. The van der Waals surface area contributed by atoms with Gasteiger partial charge in [0.15, 0.2) is 6.61 Å². The van der Waals surface area contributed by atoms with Crippen LogP contribution < -0.4 is 15.0 Å². The molecule has 0 spiro atoms. The molecule has 124 valence electrons. The SMILES string of the molecule is O=C(CCl)Nc1ccc2c(c1)OCC(=O)N2Cc1ccccc1F. The third-order valence-electron chi connectivity index (χ3n) is 3.59. The molecule has 0 aromatic heterocycles. The summed E-state index contributed by atoms with van der Waals surface area (Å²) in [5, 5.41) is 2.61. The number of anilines is 2. The molecule has 0 unspecified atom stereocenters. The van der Waals surface area contributed by atoms with Crippen molar-refractivity contribution in [1.29, 1.82) is 0 Å². The fraction of sp³-hybridized carbons (Fsp3) is 0.176. The molecule has 7 heteroatoms. The number of alkyl halides is 1. The monoisotopic (exact) mass is 348 g/mol. The van der Waals surface area contributed by atoms with Crippen molar-refractivity contribution < 1.29 is 18.7 Å². The summed E-state index contributed by atoms with van der Waals surface area (Å²) < 4.78 is 19.3. The van der Waals surface area contributed by atoms with Gasteiger partial charge in [-0.2, -0.15) is 0 Å². The first-order valence-corrected chi connectivity index (χ1v) is 7.78. The number of hydrogen-bond donors (Lipinski definition) is 1. The van der Waals surface area contributed by atoms with Crippen molar-refractivity contribution >= 4 is 34.8 Å². The molecule has 0 fully saturated rings. The molecule has 0 saturated carbocycles. The van der Waals surface area contributed by atoms with Crippen LogP contribution in [0.2, 0.25) is 0 Å². The van der Waals surface area contributed by atoms with Gasteiger partial charge in [0, 0.05) is 17.3 Å². The number of carbonyl (C=O) groups excluding carboxylic acids is 2. The molecule has 1 heterocycles. The summed E-state index contributed by atoms with van der Waals surface area (Å²) in [6.45, 7) is -0.0381. The lowest BCUT2D eigenvalue weighted by Crippen LogP contribution is -2.38. The van der Waals surface area contributed by atoms with Gasteiger partial charge in [-0.25, -0.2) is 4.39 Å². The van der Waals surface area contributed by atoms with Gasteiger partial charge in [0.05, 0.1) is 12.2 Å². The summed E-state index contributed by atoms with van der Waals surface area (Å²) in [4.78, 5) is 25.0. The van der Waals surface area contributed by atoms with E-state index in [-0.39, 0.29) is 36.7 Å². The minimum Gasteiger partial charge on any atom is -0.481 e. The van der Waals surface area contributed by atoms with Crippen molar-refractivity contribution in [3.05, 3.63) is 53.8 Å². The number of nitrogens with one attached hydrogen (secondary N) is 1. The number of amides is 2. The highest BCUT2D eigenvalue weighted by Crippen LogP contribution is 2.35. The van der Waals surface area contributed by atoms with Crippen LogP contribution in [-0.2, 0) is 16.1 Å². The molecule has 1 aliphatic rings. The van der Waals surface area contributed by atoms with E-state index in [9.17, 15) is 14.0 Å². The molecule has 2 amide bonds. The Hall–Kier alpha value is -2.60. The average Bonchev–Trinajstić information content (AvgIpc) is 2.59. The molecule has 0 bridgehead atoms. The summed E-state index contributed by atoms with van der Waals surface area (Å²) in [5.41, 5.74) is 1.45. The highest BCUT2D eigenvalue weighted by molar-refractivity contribution is 6.29. The van der Waals surface area contributed by atoms with E-state index < -0.39 is 0 Å². The van der Waals surface area contributed by atoms with Crippen molar-refractivity contribution in [2.24, 2.45) is 0 Å². The first-order chi connectivity index (χ1) is 11.6. The second-order valence-corrected chi connectivity index (χ2v) is 5.49. The maximum Gasteiger partial charge on any atom is 0.265 e. The topological polar surface area (TPSA) is 58.6 Å². The van der Waals surface area contributed by atoms with Crippen LogP contribution in [0.25, 0.3) is 0 Å². The van der Waals surface area contributed by atoms with Gasteiger partial charge in [-0.1, -0.05) is 18.2 Å². The third-order valence-corrected chi connectivity index (χ3v) is 3.84. The Bertz CT molecular complexity index is 797. The van der Waals surface area contributed by atoms with E-state index in [1.807, 2.05) is 0 Å². The van der Waals surface area contributed by atoms with Gasteiger partial charge in [0.1, 0.15) is 17.4 Å². The van der Waals surface area contributed by atoms with Crippen LogP contribution in [0.3, 0.4) is 0 Å². The molecule has 1 aliphatic heterocycles. The first kappa shape index (κ1) is 16.3. The number of hydrogen-bond acceptors (Lipinski definition) is 3. The fourth-order valence-electron chi connectivity index (χ4n) is 2.45. The molecular formula is C17H14ClFN2O3. The number of carbonyl (C=O) groups is 2. The van der Waals surface area contributed by atoms with E-state index in [1.54, 1.807) is 36.4 Å². The third kappa shape index (κ3) is 3.33.